The highest BCUT2D eigenvalue weighted by Gasteiger charge is 2.34. The number of pyridine rings is 2. The smallest absolute Gasteiger partial charge is 0.382 e. The van der Waals surface area contributed by atoms with Crippen LogP contribution in [0, 0.1) is 0 Å². The van der Waals surface area contributed by atoms with Crippen LogP contribution in [0.25, 0.3) is 0 Å². The second kappa shape index (κ2) is 8.38. The number of benzene rings is 1. The molecule has 0 bridgehead atoms. The van der Waals surface area contributed by atoms with Crippen molar-refractivity contribution in [1.29, 1.82) is 0 Å². The number of sulfonamides is 1. The van der Waals surface area contributed by atoms with Gasteiger partial charge in [-0.05, 0) is 42.0 Å². The monoisotopic (exact) mass is 477 g/mol. The number of rotatable bonds is 5. The second-order valence-electron chi connectivity index (χ2n) is 5.99. The molecule has 3 rings (SSSR count). The predicted molar refractivity (Wildman–Crippen MR) is 105 cm³/mol. The van der Waals surface area contributed by atoms with E-state index in [9.17, 15) is 26.7 Å². The first-order chi connectivity index (χ1) is 14.0. The van der Waals surface area contributed by atoms with E-state index in [0.717, 1.165) is 24.3 Å². The predicted octanol–water partition coefficient (Wildman–Crippen LogP) is 4.58. The van der Waals surface area contributed by atoms with Crippen molar-refractivity contribution in [1.82, 2.24) is 9.97 Å². The molecule has 1 N–H and O–H groups in total. The van der Waals surface area contributed by atoms with Crippen molar-refractivity contribution in [3.63, 3.8) is 0 Å². The summed E-state index contributed by atoms with van der Waals surface area (Å²) in [6.07, 6.45) is -2.16. The molecule has 3 aromatic rings. The zero-order valence-electron chi connectivity index (χ0n) is 14.8. The van der Waals surface area contributed by atoms with E-state index < -0.39 is 32.8 Å². The highest BCUT2D eigenvalue weighted by atomic mass is 35.5. The van der Waals surface area contributed by atoms with Crippen LogP contribution in [-0.2, 0) is 16.2 Å². The maximum absolute atomic E-state index is 13.0. The van der Waals surface area contributed by atoms with E-state index in [-0.39, 0.29) is 20.2 Å². The Morgan fingerprint density at radius 1 is 1.10 bits per heavy atom. The van der Waals surface area contributed by atoms with Gasteiger partial charge in [-0.3, -0.25) is 9.97 Å². The molecule has 0 saturated heterocycles. The summed E-state index contributed by atoms with van der Waals surface area (Å²) in [4.78, 5) is 7.09. The Kier molecular flexibility index (Phi) is 6.23. The summed E-state index contributed by atoms with van der Waals surface area (Å²) in [6.45, 7) is 0. The molecule has 0 aliphatic carbocycles. The lowest BCUT2D eigenvalue weighted by Gasteiger charge is -2.22. The molecule has 1 unspecified atom stereocenters. The van der Waals surface area contributed by atoms with Crippen LogP contribution in [0.15, 0.2) is 66.0 Å². The average Bonchev–Trinajstić information content (AvgIpc) is 2.72. The molecule has 12 heteroatoms. The van der Waals surface area contributed by atoms with Gasteiger partial charge in [0.25, 0.3) is 10.0 Å². The molecule has 0 amide bonds. The Bertz CT molecular complexity index is 1160. The van der Waals surface area contributed by atoms with Crippen LogP contribution in [0.5, 0.6) is 0 Å². The number of aliphatic hydroxyl groups excluding tert-OH is 1. The van der Waals surface area contributed by atoms with Gasteiger partial charge in [0, 0.05) is 30.4 Å². The van der Waals surface area contributed by atoms with Gasteiger partial charge in [0.05, 0.1) is 26.9 Å². The number of halogens is 5. The van der Waals surface area contributed by atoms with Gasteiger partial charge in [0.1, 0.15) is 6.10 Å². The van der Waals surface area contributed by atoms with Gasteiger partial charge in [0.2, 0.25) is 0 Å². The topological polar surface area (TPSA) is 83.4 Å². The lowest BCUT2D eigenvalue weighted by molar-refractivity contribution is -0.137. The minimum atomic E-state index is -4.75. The minimum absolute atomic E-state index is 0.000528. The molecule has 1 atom stereocenters. The van der Waals surface area contributed by atoms with Crippen molar-refractivity contribution in [3.05, 3.63) is 82.9 Å². The molecule has 0 fully saturated rings. The SMILES string of the molecule is O=S(=O)(c1cccc(C(F)(F)F)c1)N(Cl)c1cc(Cl)cnc1C(O)c1ccncc1. The average molecular weight is 478 g/mol. The molecule has 0 radical (unpaired) electrons. The first kappa shape index (κ1) is 22.3. The quantitative estimate of drug-likeness (QED) is 0.543. The largest absolute Gasteiger partial charge is 0.416 e. The Balaban J connectivity index is 2.09. The molecular weight excluding hydrogens is 466 g/mol. The van der Waals surface area contributed by atoms with Crippen molar-refractivity contribution >= 4 is 39.1 Å². The first-order valence-corrected chi connectivity index (χ1v) is 10.3. The van der Waals surface area contributed by atoms with Gasteiger partial charge in [0.15, 0.2) is 0 Å². The summed E-state index contributed by atoms with van der Waals surface area (Å²) in [5.74, 6) is 0. The van der Waals surface area contributed by atoms with Gasteiger partial charge < -0.3 is 5.11 Å². The maximum Gasteiger partial charge on any atom is 0.416 e. The van der Waals surface area contributed by atoms with Gasteiger partial charge in [-0.1, -0.05) is 17.7 Å². The van der Waals surface area contributed by atoms with Crippen molar-refractivity contribution in [2.75, 3.05) is 3.82 Å². The lowest BCUT2D eigenvalue weighted by Crippen LogP contribution is -2.24. The summed E-state index contributed by atoms with van der Waals surface area (Å²) in [5.41, 5.74) is -1.31. The van der Waals surface area contributed by atoms with E-state index in [0.29, 0.717) is 11.6 Å². The van der Waals surface area contributed by atoms with Crippen molar-refractivity contribution in [3.8, 4) is 0 Å². The molecule has 30 heavy (non-hydrogen) atoms. The minimum Gasteiger partial charge on any atom is -0.382 e. The zero-order valence-corrected chi connectivity index (χ0v) is 17.1. The fraction of sp³-hybridized carbons (Fsp3) is 0.111. The summed E-state index contributed by atoms with van der Waals surface area (Å²) in [6, 6.07) is 7.20. The van der Waals surface area contributed by atoms with Gasteiger partial charge >= 0.3 is 6.18 Å². The van der Waals surface area contributed by atoms with Gasteiger partial charge in [-0.25, -0.2) is 0 Å². The Labute approximate surface area is 179 Å². The molecule has 0 aliphatic rings. The maximum atomic E-state index is 13.0. The molecular formula is C18H12Cl2F3N3O3S. The van der Waals surface area contributed by atoms with E-state index >= 15 is 0 Å². The lowest BCUT2D eigenvalue weighted by atomic mass is 10.1. The standard InChI is InChI=1S/C18H12Cl2F3N3O3S/c19-13-9-15(16(25-10-13)17(27)11-4-6-24-7-5-11)26(20)30(28,29)14-3-1-2-12(8-14)18(21,22)23/h1-10,17,27H. The highest BCUT2D eigenvalue weighted by Crippen LogP contribution is 2.36. The molecule has 1 aromatic carbocycles. The van der Waals surface area contributed by atoms with Gasteiger partial charge in [-0.15, -0.1) is 0 Å². The fourth-order valence-corrected chi connectivity index (χ4v) is 4.19. The molecule has 0 aliphatic heterocycles. The molecule has 2 aromatic heterocycles. The highest BCUT2D eigenvalue weighted by molar-refractivity contribution is 7.94. The van der Waals surface area contributed by atoms with E-state index in [1.54, 1.807) is 0 Å². The molecule has 0 saturated carbocycles. The number of nitrogens with zero attached hydrogens (tertiary/aromatic N) is 3. The molecule has 2 heterocycles. The summed E-state index contributed by atoms with van der Waals surface area (Å²) >= 11 is 12.0. The summed E-state index contributed by atoms with van der Waals surface area (Å²) in [7, 11) is -4.65. The number of anilines is 1. The van der Waals surface area contributed by atoms with Crippen molar-refractivity contribution in [2.24, 2.45) is 0 Å². The Hall–Kier alpha value is -2.40. The van der Waals surface area contributed by atoms with Crippen LogP contribution in [0.1, 0.15) is 22.9 Å². The third kappa shape index (κ3) is 4.51. The summed E-state index contributed by atoms with van der Waals surface area (Å²) in [5, 5.41) is 10.6. The molecule has 158 valence electrons. The van der Waals surface area contributed by atoms with Crippen molar-refractivity contribution in [2.45, 2.75) is 17.2 Å². The third-order valence-corrected chi connectivity index (χ3v) is 6.41. The van der Waals surface area contributed by atoms with E-state index in [2.05, 4.69) is 9.97 Å². The Morgan fingerprint density at radius 2 is 1.77 bits per heavy atom. The third-order valence-electron chi connectivity index (χ3n) is 4.00. The van der Waals surface area contributed by atoms with Crippen molar-refractivity contribution < 1.29 is 26.7 Å². The van der Waals surface area contributed by atoms with Crippen LogP contribution in [-0.4, -0.2) is 23.5 Å². The van der Waals surface area contributed by atoms with Gasteiger partial charge in [-0.2, -0.15) is 25.4 Å². The number of alkyl halides is 3. The fourth-order valence-electron chi connectivity index (χ4n) is 2.55. The normalized spacial score (nSPS) is 13.1. The number of aliphatic hydroxyl groups is 1. The van der Waals surface area contributed by atoms with E-state index in [1.807, 2.05) is 0 Å². The molecule has 6 nitrogen and oxygen atoms in total. The van der Waals surface area contributed by atoms with E-state index in [1.165, 1.54) is 30.7 Å². The second-order valence-corrected chi connectivity index (χ2v) is 8.75. The summed E-state index contributed by atoms with van der Waals surface area (Å²) < 4.78 is 65.0. The number of hydrogen-bond acceptors (Lipinski definition) is 5. The number of hydrogen-bond donors (Lipinski definition) is 1. The molecule has 0 spiro atoms. The van der Waals surface area contributed by atoms with Crippen LogP contribution in [0.2, 0.25) is 5.02 Å². The van der Waals surface area contributed by atoms with Crippen LogP contribution in [0.4, 0.5) is 18.9 Å². The van der Waals surface area contributed by atoms with Crippen LogP contribution in [0.3, 0.4) is 0 Å². The first-order valence-electron chi connectivity index (χ1n) is 8.13. The van der Waals surface area contributed by atoms with Crippen LogP contribution < -0.4 is 3.82 Å². The van der Waals surface area contributed by atoms with Crippen LogP contribution >= 0.6 is 23.4 Å². The van der Waals surface area contributed by atoms with E-state index in [4.69, 9.17) is 23.4 Å². The Morgan fingerprint density at radius 3 is 2.40 bits per heavy atom. The number of aromatic nitrogens is 2. The zero-order chi connectivity index (χ0) is 22.1.